The molecule has 2 aromatic heterocycles. The van der Waals surface area contributed by atoms with Gasteiger partial charge in [-0.15, -0.1) is 10.2 Å². The van der Waals surface area contributed by atoms with Crippen molar-refractivity contribution in [1.29, 1.82) is 0 Å². The molecule has 3 aromatic rings. The summed E-state index contributed by atoms with van der Waals surface area (Å²) in [4.78, 5) is 29.5. The molecule has 9 heteroatoms. The van der Waals surface area contributed by atoms with E-state index in [1.54, 1.807) is 19.1 Å². The number of aliphatic hydroxyl groups is 1. The lowest BCUT2D eigenvalue weighted by Gasteiger charge is -2.05. The lowest BCUT2D eigenvalue weighted by Crippen LogP contribution is -2.08. The molecular formula is C18H18BrN5O3. The standard InChI is InChI=1S/C18H18BrN5O3/c1-9-4-5-12(8-13(9)19)17(27)14-10(2)15(20-16(14)11(3)26)18-21-23-24(22-18)6-7-25/h4-5,8,20,25H,6-7H2,1-3H3. The number of rotatable bonds is 6. The predicted octanol–water partition coefficient (Wildman–Crippen LogP) is 2.47. The molecule has 0 aliphatic carbocycles. The van der Waals surface area contributed by atoms with E-state index < -0.39 is 0 Å². The highest BCUT2D eigenvalue weighted by molar-refractivity contribution is 9.10. The van der Waals surface area contributed by atoms with Gasteiger partial charge in [0.05, 0.1) is 30.1 Å². The molecular weight excluding hydrogens is 414 g/mol. The molecule has 140 valence electrons. The number of aryl methyl sites for hydroxylation is 1. The third kappa shape index (κ3) is 3.60. The van der Waals surface area contributed by atoms with Crippen molar-refractivity contribution < 1.29 is 14.7 Å². The van der Waals surface area contributed by atoms with Crippen molar-refractivity contribution >= 4 is 27.5 Å². The smallest absolute Gasteiger partial charge is 0.221 e. The molecule has 0 saturated heterocycles. The van der Waals surface area contributed by atoms with Crippen LogP contribution in [0.2, 0.25) is 0 Å². The van der Waals surface area contributed by atoms with Crippen LogP contribution in [0.5, 0.6) is 0 Å². The van der Waals surface area contributed by atoms with Crippen molar-refractivity contribution in [2.75, 3.05) is 6.61 Å². The van der Waals surface area contributed by atoms with Crippen molar-refractivity contribution in [1.82, 2.24) is 25.2 Å². The highest BCUT2D eigenvalue weighted by Gasteiger charge is 2.26. The molecule has 0 aliphatic rings. The lowest BCUT2D eigenvalue weighted by molar-refractivity contribution is 0.0987. The summed E-state index contributed by atoms with van der Waals surface area (Å²) in [6, 6.07) is 5.31. The molecule has 8 nitrogen and oxygen atoms in total. The summed E-state index contributed by atoms with van der Waals surface area (Å²) >= 11 is 3.43. The second-order valence-electron chi connectivity index (χ2n) is 6.16. The molecule has 1 aromatic carbocycles. The van der Waals surface area contributed by atoms with E-state index in [4.69, 9.17) is 5.11 Å². The third-order valence-electron chi connectivity index (χ3n) is 4.24. The number of nitrogens with one attached hydrogen (secondary N) is 1. The number of aromatic nitrogens is 5. The Bertz CT molecular complexity index is 1040. The molecule has 0 saturated carbocycles. The highest BCUT2D eigenvalue weighted by Crippen LogP contribution is 2.29. The van der Waals surface area contributed by atoms with Crippen LogP contribution in [0.15, 0.2) is 22.7 Å². The van der Waals surface area contributed by atoms with E-state index in [0.29, 0.717) is 22.4 Å². The maximum atomic E-state index is 13.1. The zero-order chi connectivity index (χ0) is 19.7. The summed E-state index contributed by atoms with van der Waals surface area (Å²) < 4.78 is 0.819. The Kier molecular flexibility index (Phi) is 5.33. The monoisotopic (exact) mass is 431 g/mol. The van der Waals surface area contributed by atoms with Gasteiger partial charge in [0.2, 0.25) is 5.82 Å². The molecule has 0 fully saturated rings. The predicted molar refractivity (Wildman–Crippen MR) is 102 cm³/mol. The highest BCUT2D eigenvalue weighted by atomic mass is 79.9. The number of halogens is 1. The fourth-order valence-electron chi connectivity index (χ4n) is 2.77. The number of hydrogen-bond acceptors (Lipinski definition) is 6. The fraction of sp³-hybridized carbons (Fsp3) is 0.278. The first-order valence-electron chi connectivity index (χ1n) is 8.26. The van der Waals surface area contributed by atoms with E-state index >= 15 is 0 Å². The number of carbonyl (C=O) groups is 2. The molecule has 0 radical (unpaired) electrons. The van der Waals surface area contributed by atoms with Gasteiger partial charge in [-0.05, 0) is 36.3 Å². The number of tetrazole rings is 1. The molecule has 2 heterocycles. The topological polar surface area (TPSA) is 114 Å². The molecule has 0 bridgehead atoms. The maximum Gasteiger partial charge on any atom is 0.221 e. The number of H-pyrrole nitrogens is 1. The van der Waals surface area contributed by atoms with Crippen LogP contribution in [0.25, 0.3) is 11.5 Å². The largest absolute Gasteiger partial charge is 0.394 e. The number of hydrogen-bond donors (Lipinski definition) is 2. The normalized spacial score (nSPS) is 11.0. The van der Waals surface area contributed by atoms with Gasteiger partial charge in [-0.1, -0.05) is 28.1 Å². The van der Waals surface area contributed by atoms with Crippen LogP contribution in [-0.4, -0.2) is 48.5 Å². The molecule has 0 atom stereocenters. The SMILES string of the molecule is CC(=O)c1[nH]c(-c2nnn(CCO)n2)c(C)c1C(=O)c1ccc(C)c(Br)c1. The van der Waals surface area contributed by atoms with E-state index in [1.165, 1.54) is 11.7 Å². The number of benzene rings is 1. The van der Waals surface area contributed by atoms with Gasteiger partial charge in [0, 0.05) is 17.0 Å². The summed E-state index contributed by atoms with van der Waals surface area (Å²) in [5, 5.41) is 21.0. The molecule has 0 spiro atoms. The Morgan fingerprint density at radius 3 is 2.67 bits per heavy atom. The van der Waals surface area contributed by atoms with E-state index in [-0.39, 0.29) is 36.2 Å². The Hall–Kier alpha value is -2.65. The van der Waals surface area contributed by atoms with Crippen molar-refractivity contribution in [3.05, 3.63) is 50.6 Å². The molecule has 27 heavy (non-hydrogen) atoms. The fourth-order valence-corrected chi connectivity index (χ4v) is 3.15. The second kappa shape index (κ2) is 7.53. The number of carbonyl (C=O) groups excluding carboxylic acids is 2. The van der Waals surface area contributed by atoms with Crippen LogP contribution in [0.1, 0.15) is 44.5 Å². The summed E-state index contributed by atoms with van der Waals surface area (Å²) in [5.74, 6) is -0.266. The Labute approximate surface area is 163 Å². The number of nitrogens with zero attached hydrogens (tertiary/aromatic N) is 4. The van der Waals surface area contributed by atoms with Crippen LogP contribution < -0.4 is 0 Å². The van der Waals surface area contributed by atoms with E-state index in [9.17, 15) is 9.59 Å². The average molecular weight is 432 g/mol. The summed E-state index contributed by atoms with van der Waals surface area (Å²) in [6.07, 6.45) is 0. The van der Waals surface area contributed by atoms with Crippen LogP contribution in [0.4, 0.5) is 0 Å². The lowest BCUT2D eigenvalue weighted by atomic mass is 9.97. The minimum Gasteiger partial charge on any atom is -0.394 e. The van der Waals surface area contributed by atoms with E-state index in [0.717, 1.165) is 10.0 Å². The minimum absolute atomic E-state index is 0.121. The van der Waals surface area contributed by atoms with Crippen LogP contribution in [0, 0.1) is 13.8 Å². The first-order valence-corrected chi connectivity index (χ1v) is 9.06. The van der Waals surface area contributed by atoms with Gasteiger partial charge in [-0.2, -0.15) is 4.80 Å². The van der Waals surface area contributed by atoms with Gasteiger partial charge in [0.25, 0.3) is 0 Å². The van der Waals surface area contributed by atoms with Crippen LogP contribution in [-0.2, 0) is 6.54 Å². The van der Waals surface area contributed by atoms with Crippen molar-refractivity contribution in [2.24, 2.45) is 0 Å². The van der Waals surface area contributed by atoms with Crippen LogP contribution >= 0.6 is 15.9 Å². The van der Waals surface area contributed by atoms with Gasteiger partial charge < -0.3 is 10.1 Å². The quantitative estimate of drug-likeness (QED) is 0.579. The van der Waals surface area contributed by atoms with E-state index in [1.807, 2.05) is 13.0 Å². The van der Waals surface area contributed by atoms with E-state index in [2.05, 4.69) is 36.3 Å². The summed E-state index contributed by atoms with van der Waals surface area (Å²) in [5.41, 5.74) is 3.02. The van der Waals surface area contributed by atoms with Crippen molar-refractivity contribution in [2.45, 2.75) is 27.3 Å². The first-order chi connectivity index (χ1) is 12.8. The minimum atomic E-state index is -0.262. The van der Waals surface area contributed by atoms with Gasteiger partial charge in [0.15, 0.2) is 11.6 Å². The third-order valence-corrected chi connectivity index (χ3v) is 5.09. The van der Waals surface area contributed by atoms with Crippen LogP contribution in [0.3, 0.4) is 0 Å². The molecule has 0 amide bonds. The second-order valence-corrected chi connectivity index (χ2v) is 7.01. The Morgan fingerprint density at radius 1 is 1.30 bits per heavy atom. The Morgan fingerprint density at radius 2 is 2.04 bits per heavy atom. The van der Waals surface area contributed by atoms with Gasteiger partial charge >= 0.3 is 0 Å². The number of aliphatic hydroxyl groups excluding tert-OH is 1. The van der Waals surface area contributed by atoms with Gasteiger partial charge in [-0.25, -0.2) is 0 Å². The zero-order valence-electron chi connectivity index (χ0n) is 15.1. The Balaban J connectivity index is 2.11. The number of Topliss-reactive ketones (excluding diaryl/α,β-unsaturated/α-hetero) is 1. The summed E-state index contributed by atoms with van der Waals surface area (Å²) in [6.45, 7) is 5.15. The molecule has 0 unspecified atom stereocenters. The number of ketones is 2. The van der Waals surface area contributed by atoms with Gasteiger partial charge in [-0.3, -0.25) is 9.59 Å². The maximum absolute atomic E-state index is 13.1. The van der Waals surface area contributed by atoms with Crippen molar-refractivity contribution in [3.63, 3.8) is 0 Å². The van der Waals surface area contributed by atoms with Crippen molar-refractivity contribution in [3.8, 4) is 11.5 Å². The zero-order valence-corrected chi connectivity index (χ0v) is 16.7. The summed E-state index contributed by atoms with van der Waals surface area (Å²) in [7, 11) is 0. The molecule has 0 aliphatic heterocycles. The van der Waals surface area contributed by atoms with Gasteiger partial charge in [0.1, 0.15) is 0 Å². The molecule has 3 rings (SSSR count). The average Bonchev–Trinajstić information content (AvgIpc) is 3.21. The molecule has 2 N–H and O–H groups in total. The number of aromatic amines is 1. The first kappa shape index (κ1) is 19.1.